The fourth-order valence-corrected chi connectivity index (χ4v) is 1.01. The topological polar surface area (TPSA) is 85.2 Å². The highest BCUT2D eigenvalue weighted by Gasteiger charge is 2.10. The van der Waals surface area contributed by atoms with Gasteiger partial charge in [-0.15, -0.1) is 0 Å². The van der Waals surface area contributed by atoms with Crippen LogP contribution >= 0.6 is 0 Å². The average Bonchev–Trinajstić information content (AvgIpc) is 2.15. The number of carbonyl (C=O) groups excluding carboxylic acids is 1. The van der Waals surface area contributed by atoms with Crippen LogP contribution in [0.2, 0.25) is 0 Å². The Morgan fingerprint density at radius 2 is 2.38 bits per heavy atom. The Hall–Kier alpha value is -1.62. The Bertz CT molecular complexity index is 275. The van der Waals surface area contributed by atoms with Crippen molar-refractivity contribution < 1.29 is 4.79 Å². The van der Waals surface area contributed by atoms with Gasteiger partial charge >= 0.3 is 6.03 Å². The molecule has 5 nitrogen and oxygen atoms in total. The molecule has 0 atom stereocenters. The lowest BCUT2D eigenvalue weighted by molar-refractivity contribution is 0.254. The van der Waals surface area contributed by atoms with Crippen LogP contribution in [0.1, 0.15) is 0 Å². The van der Waals surface area contributed by atoms with E-state index in [9.17, 15) is 4.79 Å². The average molecular weight is 180 g/mol. The Kier molecular flexibility index (Phi) is 3.22. The number of aromatic nitrogens is 1. The van der Waals surface area contributed by atoms with Crippen LogP contribution < -0.4 is 16.4 Å². The van der Waals surface area contributed by atoms with E-state index in [0.29, 0.717) is 18.8 Å². The highest BCUT2D eigenvalue weighted by molar-refractivity contribution is 5.90. The van der Waals surface area contributed by atoms with Crippen LogP contribution in [0.15, 0.2) is 24.5 Å². The highest BCUT2D eigenvalue weighted by atomic mass is 16.2. The fraction of sp³-hybridized carbons (Fsp3) is 0.250. The van der Waals surface area contributed by atoms with Gasteiger partial charge in [0, 0.05) is 19.3 Å². The van der Waals surface area contributed by atoms with Gasteiger partial charge in [-0.1, -0.05) is 0 Å². The second kappa shape index (κ2) is 4.42. The minimum atomic E-state index is -0.515. The maximum absolute atomic E-state index is 11.0. The first-order chi connectivity index (χ1) is 6.25. The summed E-state index contributed by atoms with van der Waals surface area (Å²) >= 11 is 0. The minimum Gasteiger partial charge on any atom is -0.351 e. The number of hydrogen-bond donors (Lipinski definition) is 2. The summed E-state index contributed by atoms with van der Waals surface area (Å²) in [5.41, 5.74) is 11.2. The van der Waals surface area contributed by atoms with Gasteiger partial charge in [0.2, 0.25) is 0 Å². The summed E-state index contributed by atoms with van der Waals surface area (Å²) in [6, 6.07) is 2.98. The number of nitrogens with two attached hydrogens (primary N) is 2. The number of hydrogen-bond acceptors (Lipinski definition) is 3. The summed E-state index contributed by atoms with van der Waals surface area (Å²) < 4.78 is 0. The van der Waals surface area contributed by atoms with Crippen LogP contribution in [0.5, 0.6) is 0 Å². The predicted octanol–water partition coefficient (Wildman–Crippen LogP) is -0.0746. The molecule has 0 aliphatic heterocycles. The molecule has 0 bridgehead atoms. The van der Waals surface area contributed by atoms with E-state index in [1.165, 1.54) is 4.90 Å². The summed E-state index contributed by atoms with van der Waals surface area (Å²) in [5, 5.41) is 0. The molecule has 0 aliphatic carbocycles. The lowest BCUT2D eigenvalue weighted by atomic mass is 10.3. The van der Waals surface area contributed by atoms with Gasteiger partial charge in [0.1, 0.15) is 0 Å². The van der Waals surface area contributed by atoms with Crippen LogP contribution in [-0.4, -0.2) is 24.1 Å². The number of urea groups is 1. The molecule has 0 radical (unpaired) electrons. The molecule has 5 heteroatoms. The highest BCUT2D eigenvalue weighted by Crippen LogP contribution is 2.09. The number of anilines is 1. The number of primary amides is 1. The molecule has 0 aliphatic rings. The lowest BCUT2D eigenvalue weighted by Gasteiger charge is -2.18. The molecule has 0 fully saturated rings. The van der Waals surface area contributed by atoms with Crippen molar-refractivity contribution in [2.45, 2.75) is 0 Å². The molecule has 70 valence electrons. The molecule has 1 aromatic heterocycles. The van der Waals surface area contributed by atoms with E-state index in [2.05, 4.69) is 4.98 Å². The molecule has 0 spiro atoms. The van der Waals surface area contributed by atoms with E-state index in [1.807, 2.05) is 0 Å². The van der Waals surface area contributed by atoms with Crippen LogP contribution in [0.25, 0.3) is 0 Å². The Labute approximate surface area is 76.3 Å². The second-order valence-corrected chi connectivity index (χ2v) is 2.49. The maximum Gasteiger partial charge on any atom is 0.319 e. The van der Waals surface area contributed by atoms with Crippen molar-refractivity contribution in [1.82, 2.24) is 4.98 Å². The largest absolute Gasteiger partial charge is 0.351 e. The number of rotatable bonds is 3. The van der Waals surface area contributed by atoms with E-state index >= 15 is 0 Å². The van der Waals surface area contributed by atoms with Gasteiger partial charge < -0.3 is 11.5 Å². The van der Waals surface area contributed by atoms with E-state index < -0.39 is 6.03 Å². The zero-order valence-corrected chi connectivity index (χ0v) is 7.18. The van der Waals surface area contributed by atoms with Gasteiger partial charge in [-0.2, -0.15) is 0 Å². The standard InChI is InChI=1S/C8H12N4O/c9-3-5-12(8(10)13)7-2-1-4-11-6-7/h1-2,4,6H,3,5,9H2,(H2,10,13). The molecule has 0 saturated carbocycles. The van der Waals surface area contributed by atoms with Crippen molar-refractivity contribution in [1.29, 1.82) is 0 Å². The van der Waals surface area contributed by atoms with Gasteiger partial charge in [-0.3, -0.25) is 9.88 Å². The smallest absolute Gasteiger partial charge is 0.319 e. The number of amides is 2. The zero-order valence-electron chi connectivity index (χ0n) is 7.18. The minimum absolute atomic E-state index is 0.373. The first kappa shape index (κ1) is 9.47. The van der Waals surface area contributed by atoms with E-state index in [0.717, 1.165) is 0 Å². The normalized spacial score (nSPS) is 9.62. The molecule has 0 saturated heterocycles. The van der Waals surface area contributed by atoms with Gasteiger partial charge in [-0.05, 0) is 12.1 Å². The summed E-state index contributed by atoms with van der Waals surface area (Å²) in [7, 11) is 0. The second-order valence-electron chi connectivity index (χ2n) is 2.49. The van der Waals surface area contributed by atoms with Crippen molar-refractivity contribution in [3.63, 3.8) is 0 Å². The van der Waals surface area contributed by atoms with E-state index in [1.54, 1.807) is 24.5 Å². The summed E-state index contributed by atoms with van der Waals surface area (Å²) in [6.45, 7) is 0.777. The van der Waals surface area contributed by atoms with Crippen LogP contribution in [0.4, 0.5) is 10.5 Å². The van der Waals surface area contributed by atoms with Gasteiger partial charge in [0.05, 0.1) is 11.9 Å². The van der Waals surface area contributed by atoms with Gasteiger partial charge in [-0.25, -0.2) is 4.79 Å². The Morgan fingerprint density at radius 3 is 2.85 bits per heavy atom. The van der Waals surface area contributed by atoms with E-state index in [4.69, 9.17) is 11.5 Å². The lowest BCUT2D eigenvalue weighted by Crippen LogP contribution is -2.39. The number of pyridine rings is 1. The maximum atomic E-state index is 11.0. The number of nitrogens with zero attached hydrogens (tertiary/aromatic N) is 2. The Morgan fingerprint density at radius 1 is 1.62 bits per heavy atom. The van der Waals surface area contributed by atoms with E-state index in [-0.39, 0.29) is 0 Å². The van der Waals surface area contributed by atoms with Crippen molar-refractivity contribution >= 4 is 11.7 Å². The predicted molar refractivity (Wildman–Crippen MR) is 50.2 cm³/mol. The first-order valence-electron chi connectivity index (χ1n) is 3.92. The fourth-order valence-electron chi connectivity index (χ4n) is 1.01. The van der Waals surface area contributed by atoms with Crippen molar-refractivity contribution in [3.05, 3.63) is 24.5 Å². The zero-order chi connectivity index (χ0) is 9.68. The SMILES string of the molecule is NCCN(C(N)=O)c1cccnc1. The van der Waals surface area contributed by atoms with Crippen molar-refractivity contribution in [2.24, 2.45) is 11.5 Å². The van der Waals surface area contributed by atoms with Gasteiger partial charge in [0.15, 0.2) is 0 Å². The quantitative estimate of drug-likeness (QED) is 0.682. The molecule has 2 amide bonds. The van der Waals surface area contributed by atoms with Gasteiger partial charge in [0.25, 0.3) is 0 Å². The number of carbonyl (C=O) groups is 1. The third kappa shape index (κ3) is 2.41. The molecular formula is C8H12N4O. The van der Waals surface area contributed by atoms with Crippen LogP contribution in [-0.2, 0) is 0 Å². The third-order valence-electron chi connectivity index (χ3n) is 1.58. The first-order valence-corrected chi connectivity index (χ1v) is 3.92. The molecular weight excluding hydrogens is 168 g/mol. The molecule has 1 aromatic rings. The molecule has 1 heterocycles. The van der Waals surface area contributed by atoms with Crippen LogP contribution in [0.3, 0.4) is 0 Å². The van der Waals surface area contributed by atoms with Crippen molar-refractivity contribution in [2.75, 3.05) is 18.0 Å². The third-order valence-corrected chi connectivity index (χ3v) is 1.58. The summed E-state index contributed by atoms with van der Waals surface area (Å²) in [5.74, 6) is 0. The van der Waals surface area contributed by atoms with Crippen molar-refractivity contribution in [3.8, 4) is 0 Å². The Balaban J connectivity index is 2.82. The molecule has 0 aromatic carbocycles. The molecule has 4 N–H and O–H groups in total. The molecule has 1 rings (SSSR count). The molecule has 13 heavy (non-hydrogen) atoms. The molecule has 0 unspecified atom stereocenters. The summed E-state index contributed by atoms with van der Waals surface area (Å²) in [4.78, 5) is 16.2. The van der Waals surface area contributed by atoms with Crippen LogP contribution in [0, 0.1) is 0 Å². The summed E-state index contributed by atoms with van der Waals surface area (Å²) in [6.07, 6.45) is 3.20. The monoisotopic (exact) mass is 180 g/mol.